The van der Waals surface area contributed by atoms with E-state index in [9.17, 15) is 9.59 Å². The van der Waals surface area contributed by atoms with Crippen molar-refractivity contribution >= 4 is 40.6 Å². The first-order valence-corrected chi connectivity index (χ1v) is 9.85. The molecule has 2 aromatic heterocycles. The molecule has 0 saturated carbocycles. The fraction of sp³-hybridized carbons (Fsp3) is 0.200. The molecule has 0 radical (unpaired) electrons. The number of carbonyl (C=O) groups is 2. The van der Waals surface area contributed by atoms with E-state index in [1.807, 2.05) is 18.2 Å². The number of benzene rings is 1. The van der Waals surface area contributed by atoms with Crippen LogP contribution in [-0.2, 0) is 11.3 Å². The van der Waals surface area contributed by atoms with Gasteiger partial charge in [-0.05, 0) is 41.4 Å². The molecule has 0 saturated heterocycles. The summed E-state index contributed by atoms with van der Waals surface area (Å²) in [5.74, 6) is -0.737. The van der Waals surface area contributed by atoms with Crippen molar-refractivity contribution in [3.63, 3.8) is 0 Å². The van der Waals surface area contributed by atoms with Crippen LogP contribution in [0.25, 0.3) is 11.4 Å². The van der Waals surface area contributed by atoms with Crippen molar-refractivity contribution in [1.82, 2.24) is 14.7 Å². The van der Waals surface area contributed by atoms with Crippen LogP contribution in [0.15, 0.2) is 48.7 Å². The number of hydrogen-bond acceptors (Lipinski definition) is 5. The Labute approximate surface area is 172 Å². The van der Waals surface area contributed by atoms with E-state index in [-0.39, 0.29) is 17.7 Å². The zero-order valence-electron chi connectivity index (χ0n) is 15.4. The van der Waals surface area contributed by atoms with E-state index in [1.165, 1.54) is 0 Å². The zero-order chi connectivity index (χ0) is 20.1. The number of nitrogens with zero attached hydrogens (tertiary/aromatic N) is 2. The molecule has 8 heteroatoms. The Morgan fingerprint density at radius 2 is 1.89 bits per heavy atom. The van der Waals surface area contributed by atoms with Crippen LogP contribution in [0.3, 0.4) is 0 Å². The second kappa shape index (κ2) is 8.95. The summed E-state index contributed by atoms with van der Waals surface area (Å²) in [5, 5.41) is 6.33. The van der Waals surface area contributed by atoms with Crippen LogP contribution in [0.2, 0.25) is 5.02 Å². The normalized spacial score (nSPS) is 10.7. The van der Waals surface area contributed by atoms with E-state index in [0.717, 1.165) is 17.1 Å². The van der Waals surface area contributed by atoms with Crippen LogP contribution in [0.5, 0.6) is 0 Å². The quantitative estimate of drug-likeness (QED) is 0.626. The number of carbonyl (C=O) groups excluding carboxylic acids is 2. The molecule has 2 N–H and O–H groups in total. The number of hydrogen-bond donors (Lipinski definition) is 2. The number of rotatable bonds is 6. The minimum absolute atomic E-state index is 0.191. The summed E-state index contributed by atoms with van der Waals surface area (Å²) in [4.78, 5) is 29.7. The average molecular weight is 415 g/mol. The SMILES string of the molecule is CC(C)C(=O)Nc1c(-c2ccccn2)nsc1C(=O)NCc1ccc(Cl)cc1. The lowest BCUT2D eigenvalue weighted by Gasteiger charge is -2.11. The number of anilines is 1. The fourth-order valence-corrected chi connectivity index (χ4v) is 3.26. The van der Waals surface area contributed by atoms with Gasteiger partial charge in [-0.15, -0.1) is 0 Å². The van der Waals surface area contributed by atoms with E-state index in [2.05, 4.69) is 20.0 Å². The Hall–Kier alpha value is -2.77. The van der Waals surface area contributed by atoms with Gasteiger partial charge >= 0.3 is 0 Å². The van der Waals surface area contributed by atoms with Gasteiger partial charge in [-0.25, -0.2) is 0 Å². The van der Waals surface area contributed by atoms with Crippen molar-refractivity contribution in [2.45, 2.75) is 20.4 Å². The van der Waals surface area contributed by atoms with Crippen LogP contribution in [0.1, 0.15) is 29.1 Å². The number of pyridine rings is 1. The van der Waals surface area contributed by atoms with Crippen molar-refractivity contribution in [3.8, 4) is 11.4 Å². The molecule has 2 amide bonds. The molecule has 0 bridgehead atoms. The first-order valence-electron chi connectivity index (χ1n) is 8.70. The topological polar surface area (TPSA) is 84.0 Å². The van der Waals surface area contributed by atoms with Crippen LogP contribution >= 0.6 is 23.1 Å². The Morgan fingerprint density at radius 1 is 1.14 bits per heavy atom. The molecule has 0 unspecified atom stereocenters. The molecule has 0 spiro atoms. The maximum Gasteiger partial charge on any atom is 0.265 e. The Kier molecular flexibility index (Phi) is 6.38. The molecule has 0 aliphatic rings. The Balaban J connectivity index is 1.86. The second-order valence-corrected chi connectivity index (χ2v) is 7.61. The lowest BCUT2D eigenvalue weighted by Crippen LogP contribution is -2.25. The van der Waals surface area contributed by atoms with Gasteiger partial charge in [0.1, 0.15) is 10.6 Å². The Bertz CT molecular complexity index is 972. The minimum atomic E-state index is -0.311. The third kappa shape index (κ3) is 4.74. The van der Waals surface area contributed by atoms with Gasteiger partial charge in [-0.2, -0.15) is 4.37 Å². The second-order valence-electron chi connectivity index (χ2n) is 6.40. The van der Waals surface area contributed by atoms with E-state index < -0.39 is 0 Å². The standard InChI is InChI=1S/C20H19ClN4O2S/c1-12(2)19(26)24-17-16(15-5-3-4-10-22-15)25-28-18(17)20(27)23-11-13-6-8-14(21)9-7-13/h3-10,12H,11H2,1-2H3,(H,23,27)(H,24,26). The smallest absolute Gasteiger partial charge is 0.265 e. The summed E-state index contributed by atoms with van der Waals surface area (Å²) in [6.07, 6.45) is 1.64. The van der Waals surface area contributed by atoms with Crippen LogP contribution in [-0.4, -0.2) is 21.2 Å². The van der Waals surface area contributed by atoms with Crippen molar-refractivity contribution in [3.05, 3.63) is 64.1 Å². The first kappa shape index (κ1) is 20.0. The van der Waals surface area contributed by atoms with Crippen molar-refractivity contribution in [2.24, 2.45) is 5.92 Å². The highest BCUT2D eigenvalue weighted by Gasteiger charge is 2.24. The third-order valence-electron chi connectivity index (χ3n) is 3.94. The predicted octanol–water partition coefficient (Wildman–Crippen LogP) is 4.38. The van der Waals surface area contributed by atoms with Gasteiger partial charge in [0.2, 0.25) is 5.91 Å². The van der Waals surface area contributed by atoms with E-state index >= 15 is 0 Å². The van der Waals surface area contributed by atoms with Crippen molar-refractivity contribution in [1.29, 1.82) is 0 Å². The van der Waals surface area contributed by atoms with E-state index in [4.69, 9.17) is 11.6 Å². The molecule has 28 heavy (non-hydrogen) atoms. The molecule has 6 nitrogen and oxygen atoms in total. The molecule has 0 atom stereocenters. The van der Waals surface area contributed by atoms with Gasteiger partial charge in [0.15, 0.2) is 0 Å². The molecule has 3 aromatic rings. The van der Waals surface area contributed by atoms with Gasteiger partial charge in [0.05, 0.1) is 11.4 Å². The van der Waals surface area contributed by atoms with Crippen LogP contribution in [0, 0.1) is 5.92 Å². The fourth-order valence-electron chi connectivity index (χ4n) is 2.37. The van der Waals surface area contributed by atoms with Crippen LogP contribution < -0.4 is 10.6 Å². The lowest BCUT2D eigenvalue weighted by atomic mass is 10.1. The Morgan fingerprint density at radius 3 is 2.54 bits per heavy atom. The lowest BCUT2D eigenvalue weighted by molar-refractivity contribution is -0.118. The van der Waals surface area contributed by atoms with Gasteiger partial charge in [-0.1, -0.05) is 43.6 Å². The van der Waals surface area contributed by atoms with Gasteiger partial charge in [0, 0.05) is 23.7 Å². The number of amides is 2. The summed E-state index contributed by atoms with van der Waals surface area (Å²) >= 11 is 6.92. The van der Waals surface area contributed by atoms with E-state index in [0.29, 0.717) is 33.5 Å². The minimum Gasteiger partial charge on any atom is -0.347 e. The predicted molar refractivity (Wildman–Crippen MR) is 111 cm³/mol. The highest BCUT2D eigenvalue weighted by Crippen LogP contribution is 2.32. The van der Waals surface area contributed by atoms with Crippen molar-refractivity contribution in [2.75, 3.05) is 5.32 Å². The summed E-state index contributed by atoms with van der Waals surface area (Å²) in [6, 6.07) is 12.6. The highest BCUT2D eigenvalue weighted by molar-refractivity contribution is 7.09. The maximum absolute atomic E-state index is 12.8. The van der Waals surface area contributed by atoms with Gasteiger partial charge in [0.25, 0.3) is 5.91 Å². The number of nitrogens with one attached hydrogen (secondary N) is 2. The summed E-state index contributed by atoms with van der Waals surface area (Å²) < 4.78 is 4.37. The molecule has 3 rings (SSSR count). The molecular formula is C20H19ClN4O2S. The zero-order valence-corrected chi connectivity index (χ0v) is 17.0. The largest absolute Gasteiger partial charge is 0.347 e. The summed E-state index contributed by atoms with van der Waals surface area (Å²) in [7, 11) is 0. The molecule has 2 heterocycles. The van der Waals surface area contributed by atoms with E-state index in [1.54, 1.807) is 44.3 Å². The highest BCUT2D eigenvalue weighted by atomic mass is 35.5. The van der Waals surface area contributed by atoms with Gasteiger partial charge < -0.3 is 10.6 Å². The monoisotopic (exact) mass is 414 g/mol. The third-order valence-corrected chi connectivity index (χ3v) is 5.04. The summed E-state index contributed by atoms with van der Waals surface area (Å²) in [6.45, 7) is 3.91. The molecule has 144 valence electrons. The molecule has 0 fully saturated rings. The molecule has 0 aliphatic heterocycles. The van der Waals surface area contributed by atoms with Gasteiger partial charge in [-0.3, -0.25) is 14.6 Å². The molecule has 0 aliphatic carbocycles. The first-order chi connectivity index (χ1) is 13.5. The average Bonchev–Trinajstić information content (AvgIpc) is 3.11. The van der Waals surface area contributed by atoms with Crippen LogP contribution in [0.4, 0.5) is 5.69 Å². The molecular weight excluding hydrogens is 396 g/mol. The molecule has 1 aromatic carbocycles. The maximum atomic E-state index is 12.8. The number of aromatic nitrogens is 2. The van der Waals surface area contributed by atoms with Crippen molar-refractivity contribution < 1.29 is 9.59 Å². The number of halogens is 1. The summed E-state index contributed by atoms with van der Waals surface area (Å²) in [5.41, 5.74) is 2.38.